The van der Waals surface area contributed by atoms with Crippen LogP contribution in [0.3, 0.4) is 0 Å². The Hall–Kier alpha value is -3.42. The summed E-state index contributed by atoms with van der Waals surface area (Å²) in [5, 5.41) is 29.5. The molecule has 0 aromatic heterocycles. The van der Waals surface area contributed by atoms with Crippen LogP contribution in [0, 0.1) is 0 Å². The van der Waals surface area contributed by atoms with E-state index in [4.69, 9.17) is 20.7 Å². The van der Waals surface area contributed by atoms with E-state index in [0.717, 1.165) is 4.90 Å². The van der Waals surface area contributed by atoms with Crippen LogP contribution in [0.25, 0.3) is 0 Å². The first-order valence-corrected chi connectivity index (χ1v) is 10.7. The fourth-order valence-corrected chi connectivity index (χ4v) is 4.62. The van der Waals surface area contributed by atoms with Crippen molar-refractivity contribution >= 4 is 47.0 Å². The summed E-state index contributed by atoms with van der Waals surface area (Å²) in [5.74, 6) is -2.98. The maximum absolute atomic E-state index is 12.6. The highest BCUT2D eigenvalue weighted by molar-refractivity contribution is 8.00. The van der Waals surface area contributed by atoms with Gasteiger partial charge in [-0.25, -0.2) is 9.79 Å². The molecular weight excluding hydrogens is 456 g/mol. The summed E-state index contributed by atoms with van der Waals surface area (Å²) >= 11 is 1.27. The van der Waals surface area contributed by atoms with Gasteiger partial charge in [-0.2, -0.15) is 0 Å². The largest absolute Gasteiger partial charge is 0.477 e. The number of hydrogen-bond acceptors (Lipinski definition) is 9. The lowest BCUT2D eigenvalue weighted by molar-refractivity contribution is -0.151. The molecule has 0 aliphatic carbocycles. The molecule has 3 rings (SSSR count). The van der Waals surface area contributed by atoms with E-state index in [1.807, 2.05) is 0 Å². The average Bonchev–Trinajstić information content (AvgIpc) is 2.76. The predicted octanol–water partition coefficient (Wildman–Crippen LogP) is -1.17. The number of fused-ring (bicyclic) bond motifs is 1. The maximum Gasteiger partial charge on any atom is 0.352 e. The van der Waals surface area contributed by atoms with Crippen molar-refractivity contribution in [3.05, 3.63) is 41.1 Å². The van der Waals surface area contributed by atoms with E-state index >= 15 is 0 Å². The number of rotatable bonds is 8. The molecule has 12 nitrogen and oxygen atoms in total. The molecule has 13 heteroatoms. The van der Waals surface area contributed by atoms with Crippen molar-refractivity contribution < 1.29 is 39.2 Å². The van der Waals surface area contributed by atoms with Gasteiger partial charge >= 0.3 is 11.9 Å². The zero-order valence-electron chi connectivity index (χ0n) is 17.4. The van der Waals surface area contributed by atoms with Crippen molar-refractivity contribution in [3.8, 4) is 0 Å². The van der Waals surface area contributed by atoms with Gasteiger partial charge in [0.05, 0.1) is 12.1 Å². The van der Waals surface area contributed by atoms with Crippen molar-refractivity contribution in [3.63, 3.8) is 0 Å². The summed E-state index contributed by atoms with van der Waals surface area (Å²) in [7, 11) is 0. The lowest BCUT2D eigenvalue weighted by Gasteiger charge is -2.49. The summed E-state index contributed by atoms with van der Waals surface area (Å²) in [5.41, 5.74) is 6.44. The van der Waals surface area contributed by atoms with E-state index in [2.05, 4.69) is 10.3 Å². The number of carbonyl (C=O) groups excluding carboxylic acids is 3. The van der Waals surface area contributed by atoms with Gasteiger partial charge in [0.15, 0.2) is 5.84 Å². The first-order valence-electron chi connectivity index (χ1n) is 9.70. The van der Waals surface area contributed by atoms with Crippen LogP contribution in [0.2, 0.25) is 0 Å². The number of carboxylic acid groups (broad SMARTS) is 1. The summed E-state index contributed by atoms with van der Waals surface area (Å²) in [6.45, 7) is 0.982. The molecule has 6 N–H and O–H groups in total. The molecule has 0 spiro atoms. The maximum atomic E-state index is 12.6. The number of nitrogens with one attached hydrogen (secondary N) is 1. The molecule has 1 fully saturated rings. The Morgan fingerprint density at radius 2 is 1.97 bits per heavy atom. The number of aliphatic imine (C=N–C) groups is 1. The number of nitrogens with two attached hydrogens (primary N) is 1. The van der Waals surface area contributed by atoms with Crippen LogP contribution in [0.5, 0.6) is 0 Å². The second-order valence-corrected chi connectivity index (χ2v) is 8.35. The number of ether oxygens (including phenoxy) is 1. The molecule has 2 aliphatic heterocycles. The van der Waals surface area contributed by atoms with Crippen LogP contribution in [0.1, 0.15) is 12.5 Å². The third kappa shape index (κ3) is 5.50. The van der Waals surface area contributed by atoms with Crippen LogP contribution in [0.15, 0.2) is 40.5 Å². The third-order valence-corrected chi connectivity index (χ3v) is 6.18. The smallest absolute Gasteiger partial charge is 0.352 e. The normalized spacial score (nSPS) is 20.3. The van der Waals surface area contributed by atoms with Gasteiger partial charge in [-0.15, -0.1) is 11.8 Å². The van der Waals surface area contributed by atoms with E-state index in [1.54, 1.807) is 24.3 Å². The number of aliphatic hydroxyl groups is 2. The Morgan fingerprint density at radius 1 is 1.30 bits per heavy atom. The van der Waals surface area contributed by atoms with E-state index in [1.165, 1.54) is 18.7 Å². The third-order valence-electron chi connectivity index (χ3n) is 4.84. The van der Waals surface area contributed by atoms with Gasteiger partial charge < -0.3 is 31.1 Å². The average molecular weight is 478 g/mol. The number of carbonyl (C=O) groups is 4. The highest BCUT2D eigenvalue weighted by Crippen LogP contribution is 2.40. The highest BCUT2D eigenvalue weighted by atomic mass is 32.2. The molecule has 2 heterocycles. The summed E-state index contributed by atoms with van der Waals surface area (Å²) < 4.78 is 4.88. The molecule has 1 aromatic carbocycles. The number of β-lactam (4-membered cyclic amide) rings is 1. The van der Waals surface area contributed by atoms with Gasteiger partial charge in [0.2, 0.25) is 12.2 Å². The molecule has 1 aromatic rings. The van der Waals surface area contributed by atoms with E-state index in [0.29, 0.717) is 16.8 Å². The summed E-state index contributed by atoms with van der Waals surface area (Å²) in [6, 6.07) is 5.42. The molecule has 0 unspecified atom stereocenters. The Labute approximate surface area is 192 Å². The molecule has 176 valence electrons. The Bertz CT molecular complexity index is 1040. The molecule has 2 atom stereocenters. The molecule has 0 radical (unpaired) electrons. The molecule has 0 bridgehead atoms. The fourth-order valence-electron chi connectivity index (χ4n) is 3.29. The molecule has 2 amide bonds. The van der Waals surface area contributed by atoms with Gasteiger partial charge in [0.1, 0.15) is 23.7 Å². The molecule has 33 heavy (non-hydrogen) atoms. The number of benzene rings is 1. The summed E-state index contributed by atoms with van der Waals surface area (Å²) in [4.78, 5) is 52.7. The number of hydrogen-bond donors (Lipinski definition) is 5. The number of carboxylic acids is 1. The Morgan fingerprint density at radius 3 is 2.55 bits per heavy atom. The minimum absolute atomic E-state index is 0.0391. The number of amides is 2. The van der Waals surface area contributed by atoms with Crippen molar-refractivity contribution in [2.24, 2.45) is 10.7 Å². The molecule has 0 saturated carbocycles. The van der Waals surface area contributed by atoms with Crippen molar-refractivity contribution in [2.45, 2.75) is 31.1 Å². The quantitative estimate of drug-likeness (QED) is 0.1000. The number of aliphatic carboxylic acids is 1. The minimum Gasteiger partial charge on any atom is -0.477 e. The number of amidine groups is 1. The topological polar surface area (TPSA) is 192 Å². The van der Waals surface area contributed by atoms with Gasteiger partial charge in [-0.3, -0.25) is 19.3 Å². The van der Waals surface area contributed by atoms with Gasteiger partial charge in [0, 0.05) is 18.2 Å². The number of thioether (sulfide) groups is 1. The van der Waals surface area contributed by atoms with Gasteiger partial charge in [-0.1, -0.05) is 12.1 Å². The molecular formula is C20H22N4O8S. The minimum atomic E-state index is -1.87. The SMILES string of the molecule is CC(=O)OCC1=C(C(=O)O)N2C(=O)[C@@H](NC(=O)Cc3ccc(N=C(N)C(O)O)cc3)[C@H]2SC1. The van der Waals surface area contributed by atoms with Crippen LogP contribution in [-0.4, -0.2) is 79.9 Å². The highest BCUT2D eigenvalue weighted by Gasteiger charge is 2.54. The van der Waals surface area contributed by atoms with Crippen LogP contribution in [-0.2, 0) is 30.3 Å². The van der Waals surface area contributed by atoms with E-state index in [-0.39, 0.29) is 30.3 Å². The molecule has 1 saturated heterocycles. The Balaban J connectivity index is 1.62. The lowest BCUT2D eigenvalue weighted by atomic mass is 10.0. The van der Waals surface area contributed by atoms with Crippen LogP contribution < -0.4 is 11.1 Å². The Kier molecular flexibility index (Phi) is 7.36. The lowest BCUT2D eigenvalue weighted by Crippen LogP contribution is -2.70. The predicted molar refractivity (Wildman–Crippen MR) is 116 cm³/mol. The van der Waals surface area contributed by atoms with Crippen LogP contribution in [0.4, 0.5) is 5.69 Å². The number of esters is 1. The second-order valence-electron chi connectivity index (χ2n) is 7.25. The van der Waals surface area contributed by atoms with Crippen LogP contribution >= 0.6 is 11.8 Å². The zero-order chi connectivity index (χ0) is 24.3. The van der Waals surface area contributed by atoms with Crippen molar-refractivity contribution in [2.75, 3.05) is 12.4 Å². The first kappa shape index (κ1) is 24.2. The fraction of sp³-hybridized carbons (Fsp3) is 0.350. The zero-order valence-corrected chi connectivity index (χ0v) is 18.2. The van der Waals surface area contributed by atoms with Gasteiger partial charge in [0.25, 0.3) is 5.91 Å². The number of aliphatic hydroxyl groups excluding tert-OH is 1. The first-order chi connectivity index (χ1) is 15.6. The van der Waals surface area contributed by atoms with Crippen molar-refractivity contribution in [1.82, 2.24) is 10.2 Å². The van der Waals surface area contributed by atoms with Gasteiger partial charge in [-0.05, 0) is 17.7 Å². The number of nitrogens with zero attached hydrogens (tertiary/aromatic N) is 2. The molecule has 2 aliphatic rings. The standard InChI is InChI=1S/C20H22N4O8S/c1-9(25)32-7-11-8-33-18-14(17(27)24(18)15(11)19(28)29)23-13(26)6-10-2-4-12(5-3-10)22-16(21)20(30)31/h2-5,14,18,20,30-31H,6-8H2,1H3,(H2,21,22)(H,23,26)(H,28,29)/t14-,18-/m1/s1. The van der Waals surface area contributed by atoms with Crippen molar-refractivity contribution in [1.29, 1.82) is 0 Å². The summed E-state index contributed by atoms with van der Waals surface area (Å²) in [6.07, 6.45) is -1.91. The van der Waals surface area contributed by atoms with E-state index in [9.17, 15) is 24.3 Å². The van der Waals surface area contributed by atoms with E-state index < -0.39 is 41.5 Å². The second kappa shape index (κ2) is 10.0. The monoisotopic (exact) mass is 478 g/mol.